The number of fused-ring (bicyclic) bond motifs is 2. The molecule has 2 aliphatic rings. The fraction of sp³-hybridized carbons (Fsp3) is 0.444. The standard InChI is InChI=1S/C18H20N6O3S/c19-15(25)7-22-17(27)18(3-12-8-28-10-23-12)4-13-1-2-14(18)24(13)16(26)11-5-20-9-21-6-11/h5-6,8-10,13-14H,1-4,7H2,(H2,19,25)(H,22,27)/t13-,14+,18+/m1/s1. The molecule has 28 heavy (non-hydrogen) atoms. The summed E-state index contributed by atoms with van der Waals surface area (Å²) < 4.78 is 0. The van der Waals surface area contributed by atoms with Gasteiger partial charge in [-0.2, -0.15) is 0 Å². The summed E-state index contributed by atoms with van der Waals surface area (Å²) in [5.41, 5.74) is 7.30. The van der Waals surface area contributed by atoms with Crippen LogP contribution in [0, 0.1) is 5.41 Å². The van der Waals surface area contributed by atoms with Gasteiger partial charge in [-0.05, 0) is 19.3 Å². The van der Waals surface area contributed by atoms with Gasteiger partial charge in [0.1, 0.15) is 6.33 Å². The van der Waals surface area contributed by atoms with E-state index < -0.39 is 11.3 Å². The summed E-state index contributed by atoms with van der Waals surface area (Å²) in [5, 5.41) is 4.57. The van der Waals surface area contributed by atoms with Gasteiger partial charge in [0, 0.05) is 36.3 Å². The molecule has 146 valence electrons. The Morgan fingerprint density at radius 3 is 2.75 bits per heavy atom. The second-order valence-corrected chi connectivity index (χ2v) is 7.97. The van der Waals surface area contributed by atoms with Gasteiger partial charge in [-0.15, -0.1) is 11.3 Å². The molecule has 2 aromatic heterocycles. The second kappa shape index (κ2) is 7.27. The number of nitrogens with one attached hydrogen (secondary N) is 1. The third-order valence-corrected chi connectivity index (χ3v) is 6.27. The highest BCUT2D eigenvalue weighted by Crippen LogP contribution is 2.52. The number of thiazole rings is 1. The van der Waals surface area contributed by atoms with Crippen LogP contribution in [0.15, 0.2) is 29.6 Å². The van der Waals surface area contributed by atoms with Gasteiger partial charge in [0.2, 0.25) is 11.8 Å². The van der Waals surface area contributed by atoms with E-state index >= 15 is 0 Å². The Labute approximate surface area is 165 Å². The molecule has 0 radical (unpaired) electrons. The van der Waals surface area contributed by atoms with Crippen LogP contribution in [0.1, 0.15) is 35.3 Å². The Hall–Kier alpha value is -2.88. The van der Waals surface area contributed by atoms with Gasteiger partial charge < -0.3 is 16.0 Å². The average molecular weight is 400 g/mol. The summed E-state index contributed by atoms with van der Waals surface area (Å²) in [7, 11) is 0. The molecule has 2 saturated heterocycles. The zero-order chi connectivity index (χ0) is 19.7. The molecule has 9 nitrogen and oxygen atoms in total. The number of rotatable bonds is 6. The summed E-state index contributed by atoms with van der Waals surface area (Å²) in [5.74, 6) is -1.03. The summed E-state index contributed by atoms with van der Waals surface area (Å²) in [6.07, 6.45) is 6.85. The highest BCUT2D eigenvalue weighted by atomic mass is 32.1. The lowest BCUT2D eigenvalue weighted by molar-refractivity contribution is -0.134. The lowest BCUT2D eigenvalue weighted by atomic mass is 9.70. The molecule has 3 N–H and O–H groups in total. The van der Waals surface area contributed by atoms with E-state index in [1.165, 1.54) is 30.1 Å². The molecule has 0 saturated carbocycles. The third-order valence-electron chi connectivity index (χ3n) is 5.64. The van der Waals surface area contributed by atoms with Crippen LogP contribution in [0.2, 0.25) is 0 Å². The number of nitrogens with two attached hydrogens (primary N) is 1. The van der Waals surface area contributed by atoms with Gasteiger partial charge in [-0.1, -0.05) is 0 Å². The van der Waals surface area contributed by atoms with Crippen molar-refractivity contribution in [1.29, 1.82) is 0 Å². The van der Waals surface area contributed by atoms with E-state index in [0.29, 0.717) is 18.4 Å². The number of carbonyl (C=O) groups excluding carboxylic acids is 3. The number of carbonyl (C=O) groups is 3. The number of nitrogens with zero attached hydrogens (tertiary/aromatic N) is 4. The monoisotopic (exact) mass is 400 g/mol. The normalized spacial score (nSPS) is 25.6. The minimum atomic E-state index is -0.836. The van der Waals surface area contributed by atoms with Gasteiger partial charge in [-0.3, -0.25) is 14.4 Å². The summed E-state index contributed by atoms with van der Waals surface area (Å²) >= 11 is 1.46. The smallest absolute Gasteiger partial charge is 0.257 e. The van der Waals surface area contributed by atoms with Crippen molar-refractivity contribution in [2.75, 3.05) is 6.54 Å². The van der Waals surface area contributed by atoms with E-state index in [2.05, 4.69) is 20.3 Å². The quantitative estimate of drug-likeness (QED) is 0.709. The van der Waals surface area contributed by atoms with Crippen molar-refractivity contribution in [3.63, 3.8) is 0 Å². The summed E-state index contributed by atoms with van der Waals surface area (Å²) in [6, 6.07) is -0.324. The van der Waals surface area contributed by atoms with E-state index in [0.717, 1.165) is 18.5 Å². The maximum absolute atomic E-state index is 13.2. The van der Waals surface area contributed by atoms with Crippen LogP contribution in [-0.4, -0.2) is 56.2 Å². The van der Waals surface area contributed by atoms with Crippen molar-refractivity contribution in [3.8, 4) is 0 Å². The van der Waals surface area contributed by atoms with Crippen LogP contribution in [0.5, 0.6) is 0 Å². The van der Waals surface area contributed by atoms with Gasteiger partial charge >= 0.3 is 0 Å². The first-order valence-electron chi connectivity index (χ1n) is 9.02. The van der Waals surface area contributed by atoms with Crippen LogP contribution >= 0.6 is 11.3 Å². The molecule has 2 bridgehead atoms. The molecule has 3 amide bonds. The molecule has 4 rings (SSSR count). The summed E-state index contributed by atoms with van der Waals surface area (Å²) in [4.78, 5) is 51.5. The molecule has 10 heteroatoms. The van der Waals surface area contributed by atoms with Gasteiger partial charge in [0.05, 0.1) is 28.7 Å². The molecule has 2 fully saturated rings. The number of amides is 3. The van der Waals surface area contributed by atoms with Crippen LogP contribution in [0.4, 0.5) is 0 Å². The predicted molar refractivity (Wildman–Crippen MR) is 100 cm³/mol. The van der Waals surface area contributed by atoms with E-state index in [4.69, 9.17) is 5.73 Å². The van der Waals surface area contributed by atoms with Crippen molar-refractivity contribution in [2.45, 2.75) is 37.8 Å². The molecule has 2 aliphatic heterocycles. The fourth-order valence-corrected chi connectivity index (χ4v) is 5.11. The molecular weight excluding hydrogens is 380 g/mol. The van der Waals surface area contributed by atoms with Gasteiger partial charge in [0.25, 0.3) is 5.91 Å². The Morgan fingerprint density at radius 1 is 1.29 bits per heavy atom. The van der Waals surface area contributed by atoms with Crippen molar-refractivity contribution in [3.05, 3.63) is 40.9 Å². The predicted octanol–water partition coefficient (Wildman–Crippen LogP) is 0.141. The maximum Gasteiger partial charge on any atom is 0.257 e. The van der Waals surface area contributed by atoms with Crippen molar-refractivity contribution < 1.29 is 14.4 Å². The minimum Gasteiger partial charge on any atom is -0.368 e. The largest absolute Gasteiger partial charge is 0.368 e. The zero-order valence-corrected chi connectivity index (χ0v) is 15.9. The Balaban J connectivity index is 1.66. The van der Waals surface area contributed by atoms with Crippen molar-refractivity contribution in [1.82, 2.24) is 25.2 Å². The lowest BCUT2D eigenvalue weighted by Crippen LogP contribution is -2.52. The number of hydrogen-bond donors (Lipinski definition) is 2. The number of hydrogen-bond acceptors (Lipinski definition) is 7. The Kier molecular flexibility index (Phi) is 4.80. The molecule has 0 unspecified atom stereocenters. The molecule has 0 aromatic carbocycles. The lowest BCUT2D eigenvalue weighted by Gasteiger charge is -2.35. The molecule has 4 heterocycles. The Bertz CT molecular complexity index is 890. The van der Waals surface area contributed by atoms with E-state index in [1.807, 2.05) is 5.38 Å². The highest BCUT2D eigenvalue weighted by molar-refractivity contribution is 7.07. The molecule has 2 aromatic rings. The van der Waals surface area contributed by atoms with Gasteiger partial charge in [0.15, 0.2) is 0 Å². The number of primary amides is 1. The highest BCUT2D eigenvalue weighted by Gasteiger charge is 2.61. The van der Waals surface area contributed by atoms with Crippen LogP contribution in [0.25, 0.3) is 0 Å². The van der Waals surface area contributed by atoms with Crippen molar-refractivity contribution in [2.24, 2.45) is 11.1 Å². The van der Waals surface area contributed by atoms with E-state index in [-0.39, 0.29) is 30.4 Å². The van der Waals surface area contributed by atoms with Gasteiger partial charge in [-0.25, -0.2) is 15.0 Å². The minimum absolute atomic E-state index is 0.0457. The maximum atomic E-state index is 13.2. The molecular formula is C18H20N6O3S. The first-order valence-corrected chi connectivity index (χ1v) is 9.97. The topological polar surface area (TPSA) is 131 Å². The van der Waals surface area contributed by atoms with Crippen LogP contribution in [-0.2, 0) is 16.0 Å². The van der Waals surface area contributed by atoms with E-state index in [9.17, 15) is 14.4 Å². The fourth-order valence-electron chi connectivity index (χ4n) is 4.55. The van der Waals surface area contributed by atoms with Crippen LogP contribution < -0.4 is 11.1 Å². The van der Waals surface area contributed by atoms with E-state index in [1.54, 1.807) is 10.4 Å². The average Bonchev–Trinajstić information content (AvgIpc) is 3.42. The third kappa shape index (κ3) is 3.13. The molecule has 0 aliphatic carbocycles. The molecule has 3 atom stereocenters. The van der Waals surface area contributed by atoms with Crippen LogP contribution in [0.3, 0.4) is 0 Å². The van der Waals surface area contributed by atoms with Crippen molar-refractivity contribution >= 4 is 29.1 Å². The zero-order valence-electron chi connectivity index (χ0n) is 15.1. The number of aromatic nitrogens is 3. The second-order valence-electron chi connectivity index (χ2n) is 7.25. The molecule has 0 spiro atoms. The summed E-state index contributed by atoms with van der Waals surface area (Å²) in [6.45, 7) is -0.227. The first-order chi connectivity index (χ1) is 13.5. The SMILES string of the molecule is NC(=O)CNC(=O)[C@@]1(Cc2cscn2)C[C@H]2CC[C@@H]1N2C(=O)c1cncnc1. The Morgan fingerprint density at radius 2 is 2.07 bits per heavy atom. The first kappa shape index (κ1) is 18.5.